The smallest absolute Gasteiger partial charge is 0.0602 e. The van der Waals surface area contributed by atoms with E-state index in [1.54, 1.807) is 0 Å². The zero-order valence-electron chi connectivity index (χ0n) is 11.6. The average molecular weight is 215 g/mol. The van der Waals surface area contributed by atoms with Gasteiger partial charge in [-0.05, 0) is 67.9 Å². The highest BCUT2D eigenvalue weighted by Crippen LogP contribution is 2.13. The standard InChI is InChI=1S/C13H29NO/c1-11(15-13(5,6)7)9-8-10-14-12(2,3)4/h11,14H,8-10H2,1-7H3. The predicted molar refractivity (Wildman–Crippen MR) is 67.3 cm³/mol. The molecule has 92 valence electrons. The van der Waals surface area contributed by atoms with E-state index in [2.05, 4.69) is 53.8 Å². The number of rotatable bonds is 5. The van der Waals surface area contributed by atoms with E-state index in [0.717, 1.165) is 13.0 Å². The third kappa shape index (κ3) is 11.8. The van der Waals surface area contributed by atoms with Gasteiger partial charge in [0.2, 0.25) is 0 Å². The Morgan fingerprint density at radius 1 is 1.07 bits per heavy atom. The topological polar surface area (TPSA) is 21.3 Å². The van der Waals surface area contributed by atoms with Crippen LogP contribution in [0.3, 0.4) is 0 Å². The molecule has 2 nitrogen and oxygen atoms in total. The summed E-state index contributed by atoms with van der Waals surface area (Å²) in [5, 5.41) is 3.48. The Hall–Kier alpha value is -0.0800. The molecular weight excluding hydrogens is 186 g/mol. The van der Waals surface area contributed by atoms with Gasteiger partial charge in [0.15, 0.2) is 0 Å². The summed E-state index contributed by atoms with van der Waals surface area (Å²) in [7, 11) is 0. The number of ether oxygens (including phenoxy) is 1. The monoisotopic (exact) mass is 215 g/mol. The summed E-state index contributed by atoms with van der Waals surface area (Å²) < 4.78 is 5.84. The zero-order valence-corrected chi connectivity index (χ0v) is 11.6. The van der Waals surface area contributed by atoms with E-state index < -0.39 is 0 Å². The minimum Gasteiger partial charge on any atom is -0.373 e. The third-order valence-corrected chi connectivity index (χ3v) is 2.00. The van der Waals surface area contributed by atoms with E-state index in [4.69, 9.17) is 4.74 Å². The highest BCUT2D eigenvalue weighted by Gasteiger charge is 2.15. The lowest BCUT2D eigenvalue weighted by Crippen LogP contribution is -2.36. The van der Waals surface area contributed by atoms with E-state index in [1.807, 2.05) is 0 Å². The van der Waals surface area contributed by atoms with Gasteiger partial charge in [-0.25, -0.2) is 0 Å². The van der Waals surface area contributed by atoms with Gasteiger partial charge in [-0.15, -0.1) is 0 Å². The average Bonchev–Trinajstić information content (AvgIpc) is 1.92. The molecule has 1 N–H and O–H groups in total. The van der Waals surface area contributed by atoms with Crippen molar-refractivity contribution < 1.29 is 4.74 Å². The van der Waals surface area contributed by atoms with Gasteiger partial charge < -0.3 is 10.1 Å². The molecule has 2 heteroatoms. The fourth-order valence-electron chi connectivity index (χ4n) is 1.52. The molecule has 0 bridgehead atoms. The first-order valence-corrected chi connectivity index (χ1v) is 6.03. The van der Waals surface area contributed by atoms with Gasteiger partial charge in [0.05, 0.1) is 11.7 Å². The van der Waals surface area contributed by atoms with Crippen LogP contribution in [0.1, 0.15) is 61.3 Å². The summed E-state index contributed by atoms with van der Waals surface area (Å²) in [4.78, 5) is 0. The summed E-state index contributed by atoms with van der Waals surface area (Å²) in [5.41, 5.74) is 0.213. The third-order valence-electron chi connectivity index (χ3n) is 2.00. The molecule has 0 saturated carbocycles. The van der Waals surface area contributed by atoms with E-state index in [9.17, 15) is 0 Å². The summed E-state index contributed by atoms with van der Waals surface area (Å²) >= 11 is 0. The van der Waals surface area contributed by atoms with Crippen LogP contribution in [0.15, 0.2) is 0 Å². The maximum Gasteiger partial charge on any atom is 0.0602 e. The lowest BCUT2D eigenvalue weighted by molar-refractivity contribution is -0.0547. The van der Waals surface area contributed by atoms with Crippen molar-refractivity contribution in [2.24, 2.45) is 0 Å². The molecule has 0 amide bonds. The van der Waals surface area contributed by atoms with E-state index in [0.29, 0.717) is 6.10 Å². The Morgan fingerprint density at radius 3 is 2.00 bits per heavy atom. The maximum atomic E-state index is 5.84. The van der Waals surface area contributed by atoms with Crippen LogP contribution < -0.4 is 5.32 Å². The summed E-state index contributed by atoms with van der Waals surface area (Å²) in [6, 6.07) is 0. The van der Waals surface area contributed by atoms with Gasteiger partial charge in [0.25, 0.3) is 0 Å². The second-order valence-electron chi connectivity index (χ2n) is 6.36. The van der Waals surface area contributed by atoms with Gasteiger partial charge >= 0.3 is 0 Å². The molecule has 15 heavy (non-hydrogen) atoms. The molecule has 0 aliphatic rings. The Balaban J connectivity index is 3.52. The molecule has 0 heterocycles. The first-order chi connectivity index (χ1) is 6.60. The van der Waals surface area contributed by atoms with Crippen molar-refractivity contribution in [1.29, 1.82) is 0 Å². The molecule has 0 aliphatic carbocycles. The molecule has 0 rings (SSSR count). The zero-order chi connectivity index (χ0) is 12.1. The molecule has 0 saturated heterocycles. The van der Waals surface area contributed by atoms with Crippen LogP contribution in [0.4, 0.5) is 0 Å². The maximum absolute atomic E-state index is 5.84. The van der Waals surface area contributed by atoms with Gasteiger partial charge in [0.1, 0.15) is 0 Å². The molecule has 0 aromatic carbocycles. The lowest BCUT2D eigenvalue weighted by Gasteiger charge is -2.26. The van der Waals surface area contributed by atoms with Crippen molar-refractivity contribution in [3.05, 3.63) is 0 Å². The van der Waals surface area contributed by atoms with Crippen molar-refractivity contribution in [2.75, 3.05) is 6.54 Å². The Labute approximate surface area is 95.8 Å². The van der Waals surface area contributed by atoms with Gasteiger partial charge in [-0.1, -0.05) is 0 Å². The molecular formula is C13H29NO. The van der Waals surface area contributed by atoms with Crippen molar-refractivity contribution in [3.63, 3.8) is 0 Å². The second kappa shape index (κ2) is 5.86. The van der Waals surface area contributed by atoms with Gasteiger partial charge in [-0.3, -0.25) is 0 Å². The summed E-state index contributed by atoms with van der Waals surface area (Å²) in [5.74, 6) is 0. The Morgan fingerprint density at radius 2 is 1.60 bits per heavy atom. The minimum absolute atomic E-state index is 0.0170. The van der Waals surface area contributed by atoms with Crippen LogP contribution in [-0.2, 0) is 4.74 Å². The van der Waals surface area contributed by atoms with Crippen molar-refractivity contribution in [1.82, 2.24) is 5.32 Å². The number of nitrogens with one attached hydrogen (secondary N) is 1. The van der Waals surface area contributed by atoms with Crippen molar-refractivity contribution in [2.45, 2.75) is 78.6 Å². The molecule has 1 unspecified atom stereocenters. The van der Waals surface area contributed by atoms with Crippen LogP contribution in [0.25, 0.3) is 0 Å². The molecule has 1 atom stereocenters. The molecule has 0 aliphatic heterocycles. The van der Waals surface area contributed by atoms with Crippen LogP contribution in [0.2, 0.25) is 0 Å². The minimum atomic E-state index is -0.0170. The van der Waals surface area contributed by atoms with Crippen LogP contribution >= 0.6 is 0 Å². The SMILES string of the molecule is CC(CCCNC(C)(C)C)OC(C)(C)C. The molecule has 0 radical (unpaired) electrons. The Bertz CT molecular complexity index is 164. The van der Waals surface area contributed by atoms with Gasteiger partial charge in [0, 0.05) is 5.54 Å². The highest BCUT2D eigenvalue weighted by molar-refractivity contribution is 4.70. The normalized spacial score (nSPS) is 15.4. The number of hydrogen-bond donors (Lipinski definition) is 1. The quantitative estimate of drug-likeness (QED) is 0.710. The van der Waals surface area contributed by atoms with Crippen LogP contribution in [0.5, 0.6) is 0 Å². The fraction of sp³-hybridized carbons (Fsp3) is 1.00. The van der Waals surface area contributed by atoms with Crippen molar-refractivity contribution in [3.8, 4) is 0 Å². The summed E-state index contributed by atoms with van der Waals surface area (Å²) in [6.07, 6.45) is 2.65. The van der Waals surface area contributed by atoms with Crippen molar-refractivity contribution >= 4 is 0 Å². The van der Waals surface area contributed by atoms with E-state index in [1.165, 1.54) is 6.42 Å². The Kier molecular flexibility index (Phi) is 5.82. The number of hydrogen-bond acceptors (Lipinski definition) is 2. The first-order valence-electron chi connectivity index (χ1n) is 6.03. The first kappa shape index (κ1) is 14.9. The van der Waals surface area contributed by atoms with Gasteiger partial charge in [-0.2, -0.15) is 0 Å². The van der Waals surface area contributed by atoms with Crippen LogP contribution in [0, 0.1) is 0 Å². The largest absolute Gasteiger partial charge is 0.373 e. The van der Waals surface area contributed by atoms with E-state index >= 15 is 0 Å². The lowest BCUT2D eigenvalue weighted by atomic mass is 10.1. The molecule has 0 aromatic heterocycles. The molecule has 0 spiro atoms. The van der Waals surface area contributed by atoms with Crippen LogP contribution in [-0.4, -0.2) is 23.8 Å². The fourth-order valence-corrected chi connectivity index (χ4v) is 1.52. The predicted octanol–water partition coefficient (Wildman–Crippen LogP) is 3.36. The molecule has 0 aromatic rings. The molecule has 0 fully saturated rings. The second-order valence-corrected chi connectivity index (χ2v) is 6.36. The highest BCUT2D eigenvalue weighted by atomic mass is 16.5. The van der Waals surface area contributed by atoms with E-state index in [-0.39, 0.29) is 11.1 Å². The summed E-state index contributed by atoms with van der Waals surface area (Å²) in [6.45, 7) is 16.1.